The highest BCUT2D eigenvalue weighted by molar-refractivity contribution is 7.18. The largest absolute Gasteiger partial charge is 0.483 e. The fourth-order valence-corrected chi connectivity index (χ4v) is 8.44. The number of thiazole rings is 1. The Morgan fingerprint density at radius 3 is 2.45 bits per heavy atom. The molecule has 0 unspecified atom stereocenters. The molecule has 3 aliphatic rings. The lowest BCUT2D eigenvalue weighted by Crippen LogP contribution is -2.46. The van der Waals surface area contributed by atoms with Crippen molar-refractivity contribution in [3.8, 4) is 0 Å². The topological polar surface area (TPSA) is 134 Å². The van der Waals surface area contributed by atoms with Gasteiger partial charge in [0.25, 0.3) is 12.4 Å². The van der Waals surface area contributed by atoms with Crippen molar-refractivity contribution in [2.45, 2.75) is 97.4 Å². The first kappa shape index (κ1) is 36.8. The highest BCUT2D eigenvalue weighted by atomic mass is 32.1. The van der Waals surface area contributed by atoms with Crippen molar-refractivity contribution in [2.75, 3.05) is 29.9 Å². The summed E-state index contributed by atoms with van der Waals surface area (Å²) in [4.78, 5) is 46.4. The molecule has 2 aliphatic heterocycles. The van der Waals surface area contributed by atoms with Crippen LogP contribution in [0.2, 0.25) is 0 Å². The third-order valence-corrected chi connectivity index (χ3v) is 11.6. The molecule has 2 fully saturated rings. The Morgan fingerprint density at radius 1 is 1.02 bits per heavy atom. The van der Waals surface area contributed by atoms with E-state index in [4.69, 9.17) is 24.6 Å². The number of nitrogens with one attached hydrogen (secondary N) is 1. The SMILES string of the molecule is CCCNc1nc2cc(CN(C(=O)c3cnc(C4CC4)nc3)c3ccc4sc(CC5CCN(C(C)(C)C)CC5)nc4c3)ccc2c2c1COC2.O=CO. The van der Waals surface area contributed by atoms with Crippen molar-refractivity contribution >= 4 is 56.3 Å². The quantitative estimate of drug-likeness (QED) is 0.136. The summed E-state index contributed by atoms with van der Waals surface area (Å²) in [7, 11) is 0. The zero-order chi connectivity index (χ0) is 37.1. The molecule has 278 valence electrons. The minimum Gasteiger partial charge on any atom is -0.483 e. The summed E-state index contributed by atoms with van der Waals surface area (Å²) >= 11 is 1.78. The number of piperidine rings is 1. The van der Waals surface area contributed by atoms with E-state index in [0.717, 1.165) is 94.9 Å². The number of anilines is 2. The van der Waals surface area contributed by atoms with E-state index < -0.39 is 0 Å². The van der Waals surface area contributed by atoms with Gasteiger partial charge < -0.3 is 20.1 Å². The molecule has 1 saturated heterocycles. The number of hydrogen-bond donors (Lipinski definition) is 2. The maximum absolute atomic E-state index is 14.3. The molecule has 0 bridgehead atoms. The predicted molar refractivity (Wildman–Crippen MR) is 210 cm³/mol. The number of ether oxygens (including phenoxy) is 1. The van der Waals surface area contributed by atoms with Crippen molar-refractivity contribution in [3.63, 3.8) is 0 Å². The Kier molecular flexibility index (Phi) is 11.0. The molecule has 1 saturated carbocycles. The average molecular weight is 736 g/mol. The van der Waals surface area contributed by atoms with Crippen molar-refractivity contribution < 1.29 is 19.4 Å². The smallest absolute Gasteiger partial charge is 0.290 e. The van der Waals surface area contributed by atoms with Crippen LogP contribution in [0, 0.1) is 5.92 Å². The number of nitrogens with zero attached hydrogens (tertiary/aromatic N) is 6. The van der Waals surface area contributed by atoms with Gasteiger partial charge in [-0.1, -0.05) is 19.1 Å². The van der Waals surface area contributed by atoms with Gasteiger partial charge in [0.05, 0.1) is 46.1 Å². The molecule has 11 nitrogen and oxygen atoms in total. The van der Waals surface area contributed by atoms with Gasteiger partial charge in [0.15, 0.2) is 0 Å². The summed E-state index contributed by atoms with van der Waals surface area (Å²) < 4.78 is 7.00. The van der Waals surface area contributed by atoms with E-state index in [2.05, 4.69) is 84.3 Å². The third-order valence-electron chi connectivity index (χ3n) is 10.5. The minimum absolute atomic E-state index is 0.131. The van der Waals surface area contributed by atoms with E-state index in [1.165, 1.54) is 23.4 Å². The Balaban J connectivity index is 0.00000140. The summed E-state index contributed by atoms with van der Waals surface area (Å²) in [5.41, 5.74) is 6.70. The standard InChI is InChI=1S/C40H47N7O2S.CH2O2/c1-5-14-41-38-32-24-49-23-31(32)30-10-6-26(17-33(30)45-38)22-47(39(48)28-20-42-37(43-21-28)27-7-8-27)29-9-11-35-34(19-29)44-36(50-35)18-25-12-15-46(16-13-25)40(2,3)4;2-1-3/h6,9-11,17,19-21,25,27H,5,7-8,12-16,18,22-24H2,1-4H3,(H,41,45);1H,(H,2,3). The second-order valence-corrected chi connectivity index (χ2v) is 16.5. The molecule has 0 atom stereocenters. The van der Waals surface area contributed by atoms with Gasteiger partial charge in [-0.15, -0.1) is 11.3 Å². The van der Waals surface area contributed by atoms with Crippen LogP contribution >= 0.6 is 11.3 Å². The average Bonchev–Trinajstić information content (AvgIpc) is 3.74. The van der Waals surface area contributed by atoms with Crippen LogP contribution in [-0.4, -0.2) is 67.5 Å². The molecule has 53 heavy (non-hydrogen) atoms. The van der Waals surface area contributed by atoms with Crippen LogP contribution < -0.4 is 10.2 Å². The highest BCUT2D eigenvalue weighted by Gasteiger charge is 2.29. The molecule has 3 aromatic heterocycles. The van der Waals surface area contributed by atoms with Gasteiger partial charge in [-0.25, -0.2) is 19.9 Å². The molecule has 5 heterocycles. The second kappa shape index (κ2) is 15.8. The monoisotopic (exact) mass is 735 g/mol. The van der Waals surface area contributed by atoms with Gasteiger partial charge in [0.1, 0.15) is 11.6 Å². The Bertz CT molecular complexity index is 2080. The lowest BCUT2D eigenvalue weighted by atomic mass is 9.91. The minimum atomic E-state index is -0.250. The molecule has 0 spiro atoms. The number of hydrogen-bond acceptors (Lipinski definition) is 10. The van der Waals surface area contributed by atoms with Crippen molar-refractivity contribution in [3.05, 3.63) is 81.9 Å². The molecule has 8 rings (SSSR count). The molecule has 2 aromatic carbocycles. The molecule has 1 amide bonds. The highest BCUT2D eigenvalue weighted by Crippen LogP contribution is 2.38. The number of pyridine rings is 1. The number of rotatable bonds is 10. The van der Waals surface area contributed by atoms with Crippen LogP contribution in [0.1, 0.15) is 104 Å². The number of likely N-dealkylation sites (tertiary alicyclic amines) is 1. The lowest BCUT2D eigenvalue weighted by Gasteiger charge is -2.40. The number of carbonyl (C=O) groups is 2. The molecule has 0 radical (unpaired) electrons. The molecule has 12 heteroatoms. The van der Waals surface area contributed by atoms with Gasteiger partial charge in [0, 0.05) is 53.5 Å². The summed E-state index contributed by atoms with van der Waals surface area (Å²) in [5, 5.41) is 12.7. The number of aromatic nitrogens is 4. The van der Waals surface area contributed by atoms with E-state index in [9.17, 15) is 4.79 Å². The number of amides is 1. The molecular weight excluding hydrogens is 687 g/mol. The van der Waals surface area contributed by atoms with E-state index >= 15 is 0 Å². The zero-order valence-electron chi connectivity index (χ0n) is 31.1. The van der Waals surface area contributed by atoms with Gasteiger partial charge >= 0.3 is 0 Å². The van der Waals surface area contributed by atoms with E-state index in [0.29, 0.717) is 37.2 Å². The summed E-state index contributed by atoms with van der Waals surface area (Å²) in [6.45, 7) is 13.5. The van der Waals surface area contributed by atoms with Crippen LogP contribution in [0.3, 0.4) is 0 Å². The summed E-state index contributed by atoms with van der Waals surface area (Å²) in [6, 6.07) is 12.6. The van der Waals surface area contributed by atoms with Gasteiger partial charge in [-0.05, 0) is 107 Å². The molecule has 1 aliphatic carbocycles. The van der Waals surface area contributed by atoms with Gasteiger partial charge in [-0.3, -0.25) is 14.5 Å². The Hall–Kier alpha value is -4.52. The normalized spacial score (nSPS) is 16.3. The van der Waals surface area contributed by atoms with Crippen LogP contribution in [0.5, 0.6) is 0 Å². The molecular formula is C41H49N7O4S. The van der Waals surface area contributed by atoms with Crippen molar-refractivity contribution in [2.24, 2.45) is 5.92 Å². The fourth-order valence-electron chi connectivity index (χ4n) is 7.37. The zero-order valence-corrected chi connectivity index (χ0v) is 31.9. The second-order valence-electron chi connectivity index (χ2n) is 15.4. The fraction of sp³-hybridized carbons (Fsp3) is 0.463. The summed E-state index contributed by atoms with van der Waals surface area (Å²) in [5.74, 6) is 2.68. The van der Waals surface area contributed by atoms with Crippen molar-refractivity contribution in [1.29, 1.82) is 0 Å². The summed E-state index contributed by atoms with van der Waals surface area (Å²) in [6.07, 6.45) is 10.0. The number of fused-ring (bicyclic) bond motifs is 4. The van der Waals surface area contributed by atoms with Crippen LogP contribution in [-0.2, 0) is 35.7 Å². The van der Waals surface area contributed by atoms with E-state index in [1.54, 1.807) is 23.7 Å². The maximum Gasteiger partial charge on any atom is 0.290 e. The third kappa shape index (κ3) is 8.35. The number of carbonyl (C=O) groups excluding carboxylic acids is 1. The van der Waals surface area contributed by atoms with E-state index in [1.807, 2.05) is 4.90 Å². The molecule has 5 aromatic rings. The van der Waals surface area contributed by atoms with Gasteiger partial charge in [0.2, 0.25) is 0 Å². The first-order valence-corrected chi connectivity index (χ1v) is 19.6. The first-order chi connectivity index (χ1) is 25.6. The first-order valence-electron chi connectivity index (χ1n) is 18.8. The number of benzene rings is 2. The van der Waals surface area contributed by atoms with Crippen LogP contribution in [0.4, 0.5) is 11.5 Å². The van der Waals surface area contributed by atoms with E-state index in [-0.39, 0.29) is 17.9 Å². The van der Waals surface area contributed by atoms with Crippen LogP contribution in [0.15, 0.2) is 48.8 Å². The lowest BCUT2D eigenvalue weighted by molar-refractivity contribution is -0.122. The predicted octanol–water partition coefficient (Wildman–Crippen LogP) is 7.96. The Morgan fingerprint density at radius 2 is 1.75 bits per heavy atom. The number of carboxylic acid groups (broad SMARTS) is 1. The molecule has 2 N–H and O–H groups in total. The Labute approximate surface area is 314 Å². The van der Waals surface area contributed by atoms with Gasteiger partial charge in [-0.2, -0.15) is 0 Å². The van der Waals surface area contributed by atoms with Crippen molar-refractivity contribution in [1.82, 2.24) is 24.8 Å². The van der Waals surface area contributed by atoms with Crippen LogP contribution in [0.25, 0.3) is 21.1 Å². The maximum atomic E-state index is 14.3.